The SMILES string of the molecule is CCNC(=O)[C@H]1[C@H]2C[C@]3(Oc4ccc([N+](=O)[O-])cc42)N1c1ccc(C)cc1C3(C)C. The van der Waals surface area contributed by atoms with Crippen LogP contribution in [-0.2, 0) is 10.2 Å². The van der Waals surface area contributed by atoms with Crippen molar-refractivity contribution in [3.8, 4) is 5.75 Å². The van der Waals surface area contributed by atoms with Gasteiger partial charge in [0.15, 0.2) is 5.72 Å². The molecule has 1 fully saturated rings. The van der Waals surface area contributed by atoms with Crippen LogP contribution in [0.3, 0.4) is 0 Å². The number of nitrogens with one attached hydrogen (secondary N) is 1. The average Bonchev–Trinajstić information content (AvgIpc) is 3.07. The van der Waals surface area contributed by atoms with Gasteiger partial charge in [0.2, 0.25) is 5.91 Å². The number of non-ortho nitro benzene ring substituents is 1. The van der Waals surface area contributed by atoms with Crippen molar-refractivity contribution in [3.63, 3.8) is 0 Å². The van der Waals surface area contributed by atoms with Crippen LogP contribution in [-0.4, -0.2) is 29.1 Å². The fourth-order valence-electron chi connectivity index (χ4n) is 5.68. The van der Waals surface area contributed by atoms with Crippen LogP contribution in [0.4, 0.5) is 11.4 Å². The van der Waals surface area contributed by atoms with Gasteiger partial charge in [-0.1, -0.05) is 17.7 Å². The molecule has 1 N–H and O–H groups in total. The summed E-state index contributed by atoms with van der Waals surface area (Å²) in [6.45, 7) is 8.82. The van der Waals surface area contributed by atoms with E-state index in [4.69, 9.17) is 4.74 Å². The molecular weight excluding hydrogens is 382 g/mol. The van der Waals surface area contributed by atoms with Crippen molar-refractivity contribution in [2.45, 2.75) is 57.2 Å². The second-order valence-electron chi connectivity index (χ2n) is 9.03. The van der Waals surface area contributed by atoms with Crippen molar-refractivity contribution >= 4 is 17.3 Å². The Balaban J connectivity index is 1.75. The summed E-state index contributed by atoms with van der Waals surface area (Å²) in [6.07, 6.45) is 0.601. The number of benzene rings is 2. The summed E-state index contributed by atoms with van der Waals surface area (Å²) in [7, 11) is 0. The summed E-state index contributed by atoms with van der Waals surface area (Å²) >= 11 is 0. The number of ether oxygens (including phenoxy) is 1. The predicted octanol–water partition coefficient (Wildman–Crippen LogP) is 3.78. The van der Waals surface area contributed by atoms with Gasteiger partial charge in [-0.25, -0.2) is 0 Å². The largest absolute Gasteiger partial charge is 0.467 e. The molecule has 30 heavy (non-hydrogen) atoms. The zero-order valence-corrected chi connectivity index (χ0v) is 17.6. The number of nitro groups is 1. The molecule has 1 spiro atoms. The van der Waals surface area contributed by atoms with Crippen LogP contribution >= 0.6 is 0 Å². The minimum atomic E-state index is -0.716. The standard InChI is InChI=1S/C23H25N3O4/c1-5-24-21(27)20-16-12-23(30-19-9-7-14(26(28)29)11-15(16)19)22(3,4)17-10-13(2)6-8-18(17)25(20)23/h6-11,16,20H,5,12H2,1-4H3,(H,24,27)/t16-,20+,23+/m0/s1. The maximum Gasteiger partial charge on any atom is 0.269 e. The maximum atomic E-state index is 13.3. The number of fused-ring (bicyclic) bond motifs is 5. The Kier molecular flexibility index (Phi) is 3.76. The van der Waals surface area contributed by atoms with Gasteiger partial charge >= 0.3 is 0 Å². The first kappa shape index (κ1) is 18.9. The van der Waals surface area contributed by atoms with Crippen LogP contribution in [0.15, 0.2) is 36.4 Å². The zero-order chi connectivity index (χ0) is 21.4. The second kappa shape index (κ2) is 5.97. The van der Waals surface area contributed by atoms with Crippen LogP contribution in [0.2, 0.25) is 0 Å². The average molecular weight is 407 g/mol. The van der Waals surface area contributed by atoms with Crippen LogP contribution in [0.25, 0.3) is 0 Å². The van der Waals surface area contributed by atoms with E-state index in [-0.39, 0.29) is 22.9 Å². The molecule has 7 heteroatoms. The van der Waals surface area contributed by atoms with Crippen molar-refractivity contribution in [1.29, 1.82) is 0 Å². The van der Waals surface area contributed by atoms with Gasteiger partial charge in [-0.15, -0.1) is 0 Å². The number of hydrogen-bond donors (Lipinski definition) is 1. The highest BCUT2D eigenvalue weighted by Gasteiger charge is 2.70. The van der Waals surface area contributed by atoms with E-state index in [0.29, 0.717) is 18.7 Å². The summed E-state index contributed by atoms with van der Waals surface area (Å²) in [4.78, 5) is 26.4. The number of carbonyl (C=O) groups is 1. The molecular formula is C23H25N3O4. The molecule has 2 bridgehead atoms. The first-order valence-corrected chi connectivity index (χ1v) is 10.4. The minimum Gasteiger partial charge on any atom is -0.467 e. The number of likely N-dealkylation sites (N-methyl/N-ethyl adjacent to an activating group) is 1. The van der Waals surface area contributed by atoms with Crippen molar-refractivity contribution in [3.05, 3.63) is 63.2 Å². The number of carbonyl (C=O) groups excluding carboxylic acids is 1. The van der Waals surface area contributed by atoms with Gasteiger partial charge in [0.25, 0.3) is 5.69 Å². The van der Waals surface area contributed by atoms with E-state index >= 15 is 0 Å². The fraction of sp³-hybridized carbons (Fsp3) is 0.435. The van der Waals surface area contributed by atoms with E-state index in [1.165, 1.54) is 11.6 Å². The quantitative estimate of drug-likeness (QED) is 0.618. The van der Waals surface area contributed by atoms with Gasteiger partial charge in [-0.05, 0) is 45.4 Å². The van der Waals surface area contributed by atoms with Gasteiger partial charge in [-0.3, -0.25) is 14.9 Å². The van der Waals surface area contributed by atoms with Gasteiger partial charge in [0, 0.05) is 42.3 Å². The third-order valence-corrected chi connectivity index (χ3v) is 7.11. The summed E-state index contributed by atoms with van der Waals surface area (Å²) in [5, 5.41) is 14.4. The Bertz CT molecular complexity index is 1100. The van der Waals surface area contributed by atoms with E-state index in [2.05, 4.69) is 49.2 Å². The highest BCUT2D eigenvalue weighted by atomic mass is 16.6. The molecule has 156 valence electrons. The summed E-state index contributed by atoms with van der Waals surface area (Å²) < 4.78 is 6.69. The number of nitro benzene ring substituents is 1. The number of hydrogen-bond acceptors (Lipinski definition) is 5. The molecule has 0 saturated carbocycles. The van der Waals surface area contributed by atoms with Crippen LogP contribution in [0, 0.1) is 17.0 Å². The number of amides is 1. The Hall–Kier alpha value is -3.09. The van der Waals surface area contributed by atoms with Gasteiger partial charge < -0.3 is 15.0 Å². The topological polar surface area (TPSA) is 84.7 Å². The lowest BCUT2D eigenvalue weighted by Crippen LogP contribution is -2.59. The molecule has 3 aliphatic heterocycles. The molecule has 0 aliphatic carbocycles. The van der Waals surface area contributed by atoms with E-state index < -0.39 is 16.7 Å². The fourth-order valence-corrected chi connectivity index (χ4v) is 5.68. The molecule has 1 amide bonds. The molecule has 2 aromatic carbocycles. The predicted molar refractivity (Wildman–Crippen MR) is 113 cm³/mol. The molecule has 2 aromatic rings. The number of rotatable bonds is 3. The van der Waals surface area contributed by atoms with Crippen molar-refractivity contribution in [2.24, 2.45) is 0 Å². The van der Waals surface area contributed by atoms with E-state index in [9.17, 15) is 14.9 Å². The molecule has 0 unspecified atom stereocenters. The smallest absolute Gasteiger partial charge is 0.269 e. The monoisotopic (exact) mass is 407 g/mol. The third-order valence-electron chi connectivity index (χ3n) is 7.11. The van der Waals surface area contributed by atoms with Crippen LogP contribution in [0.5, 0.6) is 5.75 Å². The first-order chi connectivity index (χ1) is 14.2. The lowest BCUT2D eigenvalue weighted by Gasteiger charge is -2.45. The van der Waals surface area contributed by atoms with Crippen LogP contribution < -0.4 is 15.0 Å². The summed E-state index contributed by atoms with van der Waals surface area (Å²) in [5.41, 5.74) is 3.01. The Morgan fingerprint density at radius 1 is 1.30 bits per heavy atom. The molecule has 7 nitrogen and oxygen atoms in total. The van der Waals surface area contributed by atoms with Gasteiger partial charge in [0.05, 0.1) is 10.3 Å². The van der Waals surface area contributed by atoms with Crippen molar-refractivity contribution in [2.75, 3.05) is 11.4 Å². The Labute approximate surface area is 175 Å². The lowest BCUT2D eigenvalue weighted by molar-refractivity contribution is -0.385. The number of aryl methyl sites for hydroxylation is 1. The molecule has 3 aliphatic rings. The maximum absolute atomic E-state index is 13.3. The van der Waals surface area contributed by atoms with Crippen LogP contribution in [0.1, 0.15) is 49.8 Å². The normalized spacial score (nSPS) is 27.0. The van der Waals surface area contributed by atoms with Gasteiger partial charge in [0.1, 0.15) is 11.8 Å². The molecule has 5 rings (SSSR count). The second-order valence-corrected chi connectivity index (χ2v) is 9.03. The molecule has 3 heterocycles. The number of nitrogens with zero attached hydrogens (tertiary/aromatic N) is 2. The van der Waals surface area contributed by atoms with Gasteiger partial charge in [-0.2, -0.15) is 0 Å². The van der Waals surface area contributed by atoms with E-state index in [1.807, 2.05) is 6.92 Å². The van der Waals surface area contributed by atoms with E-state index in [0.717, 1.165) is 16.8 Å². The van der Waals surface area contributed by atoms with Crippen molar-refractivity contribution in [1.82, 2.24) is 5.32 Å². The highest BCUT2D eigenvalue weighted by Crippen LogP contribution is 2.65. The Morgan fingerprint density at radius 3 is 2.77 bits per heavy atom. The lowest BCUT2D eigenvalue weighted by atomic mass is 9.72. The van der Waals surface area contributed by atoms with Crippen molar-refractivity contribution < 1.29 is 14.5 Å². The molecule has 0 aromatic heterocycles. The summed E-state index contributed by atoms with van der Waals surface area (Å²) in [5.74, 6) is 0.372. The minimum absolute atomic E-state index is 0.0188. The first-order valence-electron chi connectivity index (χ1n) is 10.4. The molecule has 1 saturated heterocycles. The number of anilines is 1. The third kappa shape index (κ3) is 2.18. The Morgan fingerprint density at radius 2 is 2.07 bits per heavy atom. The summed E-state index contributed by atoms with van der Waals surface area (Å²) in [6, 6.07) is 10.6. The zero-order valence-electron chi connectivity index (χ0n) is 17.6. The molecule has 0 radical (unpaired) electrons. The highest BCUT2D eigenvalue weighted by molar-refractivity contribution is 5.90. The molecule has 3 atom stereocenters. The van der Waals surface area contributed by atoms with E-state index in [1.54, 1.807) is 12.1 Å².